The van der Waals surface area contributed by atoms with Crippen LogP contribution in [-0.4, -0.2) is 17.2 Å². The van der Waals surface area contributed by atoms with Gasteiger partial charge in [-0.1, -0.05) is 158 Å². The largest absolute Gasteiger partial charge is 0.309 e. The van der Waals surface area contributed by atoms with Gasteiger partial charge in [0.05, 0.1) is 22.1 Å². The van der Waals surface area contributed by atoms with Gasteiger partial charge in [-0.3, -0.25) is 0 Å². The van der Waals surface area contributed by atoms with Gasteiger partial charge in [0.25, 0.3) is 0 Å². The molecule has 0 atom stereocenters. The molecule has 0 radical (unpaired) electrons. The molecule has 0 unspecified atom stereocenters. The van der Waals surface area contributed by atoms with Crippen LogP contribution in [0.2, 0.25) is 0 Å². The molecule has 4 heteroatoms. The van der Waals surface area contributed by atoms with Crippen LogP contribution < -0.4 is 20.7 Å². The van der Waals surface area contributed by atoms with E-state index in [1.165, 1.54) is 90.2 Å². The number of benzene rings is 9. The van der Waals surface area contributed by atoms with Crippen molar-refractivity contribution in [1.82, 2.24) is 9.13 Å². The minimum absolute atomic E-state index is 1.16. The highest BCUT2D eigenvalue weighted by Crippen LogP contribution is 2.40. The summed E-state index contributed by atoms with van der Waals surface area (Å²) in [5.74, 6) is 0. The molecule has 0 aliphatic heterocycles. The third kappa shape index (κ3) is 4.83. The summed E-state index contributed by atoms with van der Waals surface area (Å²) in [5.41, 5.74) is 7.24. The van der Waals surface area contributed by atoms with Crippen molar-refractivity contribution in [2.75, 3.05) is 0 Å². The van der Waals surface area contributed by atoms with Gasteiger partial charge in [-0.2, -0.15) is 0 Å². The predicted octanol–water partition coefficient (Wildman–Crippen LogP) is 11.6. The highest BCUT2D eigenvalue weighted by Gasteiger charge is 2.41. The van der Waals surface area contributed by atoms with E-state index in [4.69, 9.17) is 0 Å². The Labute approximate surface area is 341 Å². The zero-order chi connectivity index (χ0) is 38.2. The molecule has 12 aromatic rings. The average molecular weight is 773 g/mol. The molecule has 0 fully saturated rings. The Kier molecular flexibility index (Phi) is 7.46. The van der Waals surface area contributed by atoms with E-state index in [0.717, 1.165) is 5.69 Å². The molecule has 0 aliphatic carbocycles. The lowest BCUT2D eigenvalue weighted by molar-refractivity contribution is 1.18. The fourth-order valence-corrected chi connectivity index (χ4v) is 15.7. The van der Waals surface area contributed by atoms with E-state index in [2.05, 4.69) is 228 Å². The fourth-order valence-electron chi connectivity index (χ4n) is 9.78. The molecule has 0 saturated heterocycles. The Morgan fingerprint density at radius 3 is 1.38 bits per heavy atom. The van der Waals surface area contributed by atoms with E-state index >= 15 is 0 Å². The second-order valence-electron chi connectivity index (χ2n) is 15.3. The van der Waals surface area contributed by atoms with Gasteiger partial charge in [0, 0.05) is 53.1 Å². The maximum Gasteiger partial charge on any atom is 0.179 e. The molecule has 0 N–H and O–H groups in total. The van der Waals surface area contributed by atoms with Crippen molar-refractivity contribution in [1.29, 1.82) is 0 Å². The summed E-state index contributed by atoms with van der Waals surface area (Å²) >= 11 is 1.88. The van der Waals surface area contributed by atoms with E-state index in [9.17, 15) is 0 Å². The molecule has 9 aromatic carbocycles. The van der Waals surface area contributed by atoms with Gasteiger partial charge in [0.2, 0.25) is 0 Å². The molecule has 0 aliphatic rings. The first-order valence-corrected chi connectivity index (χ1v) is 22.7. The summed E-state index contributed by atoms with van der Waals surface area (Å²) < 4.78 is 7.56. The number of hydrogen-bond acceptors (Lipinski definition) is 1. The van der Waals surface area contributed by atoms with Crippen molar-refractivity contribution < 1.29 is 0 Å². The van der Waals surface area contributed by atoms with Crippen LogP contribution in [0.4, 0.5) is 0 Å². The second kappa shape index (κ2) is 13.0. The summed E-state index contributed by atoms with van der Waals surface area (Å²) in [6, 6.07) is 81.6. The normalized spacial score (nSPS) is 12.1. The van der Waals surface area contributed by atoms with Crippen molar-refractivity contribution >= 4 is 104 Å². The van der Waals surface area contributed by atoms with Crippen LogP contribution in [0.5, 0.6) is 0 Å². The number of fused-ring (bicyclic) bond motifs is 9. The number of aromatic nitrogens is 2. The maximum absolute atomic E-state index is 2.88. The first-order chi connectivity index (χ1) is 28.8. The Bertz CT molecular complexity index is 3410. The molecular formula is C54H36N2SSi. The van der Waals surface area contributed by atoms with Gasteiger partial charge in [-0.05, 0) is 81.4 Å². The van der Waals surface area contributed by atoms with Gasteiger partial charge in [0.1, 0.15) is 0 Å². The first kappa shape index (κ1) is 33.2. The van der Waals surface area contributed by atoms with Crippen LogP contribution in [0, 0.1) is 0 Å². The van der Waals surface area contributed by atoms with Crippen LogP contribution in [-0.2, 0) is 0 Å². The Hall–Kier alpha value is -6.98. The molecule has 0 spiro atoms. The van der Waals surface area contributed by atoms with Gasteiger partial charge in [0.15, 0.2) is 8.07 Å². The van der Waals surface area contributed by atoms with Crippen molar-refractivity contribution in [3.05, 3.63) is 218 Å². The number of thiophene rings is 1. The van der Waals surface area contributed by atoms with Gasteiger partial charge in [-0.25, -0.2) is 0 Å². The predicted molar refractivity (Wildman–Crippen MR) is 252 cm³/mol. The van der Waals surface area contributed by atoms with Gasteiger partial charge < -0.3 is 9.13 Å². The standard InChI is InChI=1S/C54H36N2SSi/c1-3-17-39(18-4-1)58(40-19-5-2-6-20-40,41-32-30-37(31-33-41)55-49-26-11-7-22-43(49)44-23-8-12-27-50(44)55)42-21-15-16-38(34-42)56-51-28-13-9-24-45(51)47-35-48-46-25-10-14-29-53(46)57-54(48)36-52(47)56/h1-36H. The number of nitrogens with zero attached hydrogens (tertiary/aromatic N) is 2. The molecule has 3 heterocycles. The summed E-state index contributed by atoms with van der Waals surface area (Å²) in [7, 11) is -2.88. The van der Waals surface area contributed by atoms with E-state index in [-0.39, 0.29) is 0 Å². The number of hydrogen-bond donors (Lipinski definition) is 0. The summed E-state index contributed by atoms with van der Waals surface area (Å²) in [5, 5.41) is 13.2. The zero-order valence-electron chi connectivity index (χ0n) is 31.6. The van der Waals surface area contributed by atoms with Crippen molar-refractivity contribution in [2.45, 2.75) is 0 Å². The lowest BCUT2D eigenvalue weighted by atomic mass is 10.1. The second-order valence-corrected chi connectivity index (χ2v) is 20.2. The van der Waals surface area contributed by atoms with E-state index in [0.29, 0.717) is 0 Å². The average Bonchev–Trinajstić information content (AvgIpc) is 3.94. The highest BCUT2D eigenvalue weighted by molar-refractivity contribution is 7.26. The van der Waals surface area contributed by atoms with Gasteiger partial charge in [-0.15, -0.1) is 11.3 Å². The SMILES string of the molecule is c1ccc([Si](c2ccccc2)(c2ccc(-n3c4ccccc4c4ccccc43)cc2)c2cccc(-n3c4ccccc4c4cc5c(cc43)sc3ccccc35)c2)cc1. The number of para-hydroxylation sites is 3. The van der Waals surface area contributed by atoms with Crippen LogP contribution >= 0.6 is 11.3 Å². The number of rotatable bonds is 6. The van der Waals surface area contributed by atoms with E-state index in [1.807, 2.05) is 11.3 Å². The molecule has 2 nitrogen and oxygen atoms in total. The third-order valence-corrected chi connectivity index (χ3v) is 18.2. The van der Waals surface area contributed by atoms with E-state index < -0.39 is 8.07 Å². The molecule has 0 saturated carbocycles. The Balaban J connectivity index is 1.11. The molecule has 58 heavy (non-hydrogen) atoms. The lowest BCUT2D eigenvalue weighted by Gasteiger charge is -2.35. The Morgan fingerprint density at radius 2 is 0.759 bits per heavy atom. The summed E-state index contributed by atoms with van der Waals surface area (Å²) in [4.78, 5) is 0. The van der Waals surface area contributed by atoms with Crippen molar-refractivity contribution in [3.63, 3.8) is 0 Å². The van der Waals surface area contributed by atoms with Crippen molar-refractivity contribution in [3.8, 4) is 11.4 Å². The topological polar surface area (TPSA) is 9.86 Å². The maximum atomic E-state index is 2.50. The smallest absolute Gasteiger partial charge is 0.179 e. The zero-order valence-corrected chi connectivity index (χ0v) is 33.4. The monoisotopic (exact) mass is 772 g/mol. The lowest BCUT2D eigenvalue weighted by Crippen LogP contribution is -2.74. The molecule has 272 valence electrons. The van der Waals surface area contributed by atoms with Crippen LogP contribution in [0.3, 0.4) is 0 Å². The Morgan fingerprint density at radius 1 is 0.276 bits per heavy atom. The third-order valence-electron chi connectivity index (χ3n) is 12.3. The molecule has 12 rings (SSSR count). The molecule has 0 bridgehead atoms. The van der Waals surface area contributed by atoms with E-state index in [1.54, 1.807) is 0 Å². The minimum Gasteiger partial charge on any atom is -0.309 e. The summed E-state index contributed by atoms with van der Waals surface area (Å²) in [6.07, 6.45) is 0. The highest BCUT2D eigenvalue weighted by atomic mass is 32.1. The van der Waals surface area contributed by atoms with Gasteiger partial charge >= 0.3 is 0 Å². The fraction of sp³-hybridized carbons (Fsp3) is 0. The quantitative estimate of drug-likeness (QED) is 0.118. The molecular weight excluding hydrogens is 737 g/mol. The van der Waals surface area contributed by atoms with Crippen molar-refractivity contribution in [2.24, 2.45) is 0 Å². The first-order valence-electron chi connectivity index (χ1n) is 19.9. The summed E-state index contributed by atoms with van der Waals surface area (Å²) in [6.45, 7) is 0. The molecule has 3 aromatic heterocycles. The minimum atomic E-state index is -2.88. The van der Waals surface area contributed by atoms with Crippen LogP contribution in [0.15, 0.2) is 218 Å². The van der Waals surface area contributed by atoms with Crippen LogP contribution in [0.1, 0.15) is 0 Å². The van der Waals surface area contributed by atoms with Crippen LogP contribution in [0.25, 0.3) is 75.2 Å². The molecule has 0 amide bonds.